The molecule has 0 spiro atoms. The number of aliphatic hydroxyl groups is 1. The number of hydrogen-bond acceptors (Lipinski definition) is 2. The van der Waals surface area contributed by atoms with Gasteiger partial charge >= 0.3 is 0 Å². The van der Waals surface area contributed by atoms with Crippen molar-refractivity contribution in [1.82, 2.24) is 0 Å². The van der Waals surface area contributed by atoms with Gasteiger partial charge in [-0.3, -0.25) is 0 Å². The molecule has 0 bridgehead atoms. The van der Waals surface area contributed by atoms with Crippen LogP contribution in [0.15, 0.2) is 0 Å². The summed E-state index contributed by atoms with van der Waals surface area (Å²) in [6, 6.07) is 0. The second-order valence-electron chi connectivity index (χ2n) is 7.17. The van der Waals surface area contributed by atoms with E-state index >= 15 is 0 Å². The first-order chi connectivity index (χ1) is 8.00. The van der Waals surface area contributed by atoms with Gasteiger partial charge in [0, 0.05) is 12.0 Å². The average molecular weight is 239 g/mol. The van der Waals surface area contributed by atoms with Crippen molar-refractivity contribution in [3.05, 3.63) is 0 Å². The van der Waals surface area contributed by atoms with Crippen molar-refractivity contribution in [2.75, 3.05) is 6.54 Å². The normalized spacial score (nSPS) is 38.5. The van der Waals surface area contributed by atoms with E-state index in [1.807, 2.05) is 0 Å². The lowest BCUT2D eigenvalue weighted by Gasteiger charge is -2.39. The molecule has 0 heterocycles. The Hall–Kier alpha value is -0.0800. The van der Waals surface area contributed by atoms with Gasteiger partial charge in [0.25, 0.3) is 0 Å². The third-order valence-corrected chi connectivity index (χ3v) is 5.41. The number of aliphatic hydroxyl groups excluding tert-OH is 1. The molecule has 2 aliphatic carbocycles. The lowest BCUT2D eigenvalue weighted by Crippen LogP contribution is -2.44. The van der Waals surface area contributed by atoms with Crippen molar-refractivity contribution in [3.8, 4) is 0 Å². The second-order valence-corrected chi connectivity index (χ2v) is 7.17. The average Bonchev–Trinajstić information content (AvgIpc) is 2.55. The monoisotopic (exact) mass is 239 g/mol. The zero-order valence-electron chi connectivity index (χ0n) is 11.5. The van der Waals surface area contributed by atoms with Crippen LogP contribution >= 0.6 is 0 Å². The lowest BCUT2D eigenvalue weighted by molar-refractivity contribution is -0.0196. The van der Waals surface area contributed by atoms with Gasteiger partial charge in [-0.05, 0) is 30.6 Å². The molecule has 2 heteroatoms. The zero-order chi connectivity index (χ0) is 12.5. The molecule has 17 heavy (non-hydrogen) atoms. The molecule has 3 N–H and O–H groups in total. The van der Waals surface area contributed by atoms with Gasteiger partial charge in [0.2, 0.25) is 0 Å². The first kappa shape index (κ1) is 13.4. The van der Waals surface area contributed by atoms with Gasteiger partial charge in [0.05, 0.1) is 6.10 Å². The molecule has 2 aliphatic rings. The van der Waals surface area contributed by atoms with E-state index in [-0.39, 0.29) is 16.9 Å². The Morgan fingerprint density at radius 2 is 1.76 bits per heavy atom. The van der Waals surface area contributed by atoms with Crippen LogP contribution in [0, 0.1) is 16.7 Å². The van der Waals surface area contributed by atoms with Crippen molar-refractivity contribution in [1.29, 1.82) is 0 Å². The first-order valence-corrected chi connectivity index (χ1v) is 7.38. The third kappa shape index (κ3) is 2.53. The summed E-state index contributed by atoms with van der Waals surface area (Å²) in [6.07, 6.45) is 10.1. The molecular formula is C15H29NO. The molecule has 0 saturated heterocycles. The molecule has 0 aromatic carbocycles. The van der Waals surface area contributed by atoms with Crippen molar-refractivity contribution in [3.63, 3.8) is 0 Å². The van der Waals surface area contributed by atoms with Crippen molar-refractivity contribution >= 4 is 0 Å². The Bertz CT molecular complexity index is 258. The minimum atomic E-state index is -0.207. The van der Waals surface area contributed by atoms with Crippen LogP contribution in [-0.2, 0) is 0 Å². The molecule has 2 rings (SSSR count). The first-order valence-electron chi connectivity index (χ1n) is 7.38. The minimum Gasteiger partial charge on any atom is -0.392 e. The highest BCUT2D eigenvalue weighted by molar-refractivity contribution is 5.02. The van der Waals surface area contributed by atoms with Crippen molar-refractivity contribution in [2.24, 2.45) is 22.5 Å². The third-order valence-electron chi connectivity index (χ3n) is 5.41. The predicted molar refractivity (Wildman–Crippen MR) is 71.7 cm³/mol. The summed E-state index contributed by atoms with van der Waals surface area (Å²) in [4.78, 5) is 0. The summed E-state index contributed by atoms with van der Waals surface area (Å²) < 4.78 is 0. The fourth-order valence-corrected chi connectivity index (χ4v) is 4.15. The lowest BCUT2D eigenvalue weighted by atomic mass is 9.70. The summed E-state index contributed by atoms with van der Waals surface area (Å²) in [7, 11) is 0. The molecule has 100 valence electrons. The van der Waals surface area contributed by atoms with Crippen molar-refractivity contribution in [2.45, 2.75) is 71.3 Å². The smallest absolute Gasteiger partial charge is 0.0659 e. The van der Waals surface area contributed by atoms with Gasteiger partial charge in [-0.15, -0.1) is 0 Å². The largest absolute Gasteiger partial charge is 0.392 e. The van der Waals surface area contributed by atoms with Crippen LogP contribution in [-0.4, -0.2) is 17.8 Å². The summed E-state index contributed by atoms with van der Waals surface area (Å²) in [5.74, 6) is 0.816. The van der Waals surface area contributed by atoms with Gasteiger partial charge in [-0.2, -0.15) is 0 Å². The van der Waals surface area contributed by atoms with E-state index in [1.54, 1.807) is 0 Å². The molecule has 2 nitrogen and oxygen atoms in total. The van der Waals surface area contributed by atoms with Gasteiger partial charge in [0.1, 0.15) is 0 Å². The molecule has 0 aliphatic heterocycles. The minimum absolute atomic E-state index is 0.0194. The fraction of sp³-hybridized carbons (Fsp3) is 1.00. The molecule has 0 aromatic heterocycles. The van der Waals surface area contributed by atoms with Crippen LogP contribution in [0.1, 0.15) is 65.2 Å². The van der Waals surface area contributed by atoms with E-state index in [2.05, 4.69) is 13.8 Å². The van der Waals surface area contributed by atoms with E-state index in [1.165, 1.54) is 32.1 Å². The molecule has 2 atom stereocenters. The summed E-state index contributed by atoms with van der Waals surface area (Å²) in [5.41, 5.74) is 6.12. The van der Waals surface area contributed by atoms with Gasteiger partial charge in [0.15, 0.2) is 0 Å². The quantitative estimate of drug-likeness (QED) is 0.795. The van der Waals surface area contributed by atoms with E-state index in [4.69, 9.17) is 5.73 Å². The molecule has 0 radical (unpaired) electrons. The number of rotatable bonds is 3. The standard InChI is InChI=1S/C15H29NO/c1-14(2)8-9-15(11-16,13(14)17)10-12-6-4-3-5-7-12/h12-13,17H,3-11,16H2,1-2H3. The maximum absolute atomic E-state index is 10.6. The SMILES string of the molecule is CC1(C)CCC(CN)(CC2CCCCC2)C1O. The Kier molecular flexibility index (Phi) is 3.84. The van der Waals surface area contributed by atoms with Crippen LogP contribution in [0.3, 0.4) is 0 Å². The highest BCUT2D eigenvalue weighted by Gasteiger charge is 2.51. The molecule has 2 unspecified atom stereocenters. The summed E-state index contributed by atoms with van der Waals surface area (Å²) in [6.45, 7) is 5.04. The Morgan fingerprint density at radius 3 is 2.24 bits per heavy atom. The Labute approximate surface area is 106 Å². The van der Waals surface area contributed by atoms with Crippen LogP contribution in [0.5, 0.6) is 0 Å². The van der Waals surface area contributed by atoms with E-state index in [0.717, 1.165) is 25.2 Å². The maximum Gasteiger partial charge on any atom is 0.0659 e. The maximum atomic E-state index is 10.6. The van der Waals surface area contributed by atoms with Crippen LogP contribution in [0.2, 0.25) is 0 Å². The number of nitrogens with two attached hydrogens (primary N) is 1. The van der Waals surface area contributed by atoms with Crippen LogP contribution in [0.4, 0.5) is 0 Å². The van der Waals surface area contributed by atoms with Gasteiger partial charge in [-0.1, -0.05) is 46.0 Å². The molecule has 0 amide bonds. The van der Waals surface area contributed by atoms with Crippen molar-refractivity contribution < 1.29 is 5.11 Å². The molecule has 2 saturated carbocycles. The van der Waals surface area contributed by atoms with E-state index < -0.39 is 0 Å². The highest BCUT2D eigenvalue weighted by atomic mass is 16.3. The molecule has 0 aromatic rings. The summed E-state index contributed by atoms with van der Waals surface area (Å²) >= 11 is 0. The molecular weight excluding hydrogens is 210 g/mol. The van der Waals surface area contributed by atoms with Crippen LogP contribution in [0.25, 0.3) is 0 Å². The highest BCUT2D eigenvalue weighted by Crippen LogP contribution is 2.52. The zero-order valence-corrected chi connectivity index (χ0v) is 11.5. The fourth-order valence-electron chi connectivity index (χ4n) is 4.15. The molecule has 2 fully saturated rings. The van der Waals surface area contributed by atoms with Gasteiger partial charge < -0.3 is 10.8 Å². The topological polar surface area (TPSA) is 46.2 Å². The summed E-state index contributed by atoms with van der Waals surface area (Å²) in [5, 5.41) is 10.6. The predicted octanol–water partition coefficient (Wildman–Crippen LogP) is 3.08. The van der Waals surface area contributed by atoms with E-state index in [9.17, 15) is 5.11 Å². The second kappa shape index (κ2) is 4.89. The Balaban J connectivity index is 2.04. The van der Waals surface area contributed by atoms with E-state index in [0.29, 0.717) is 6.54 Å². The van der Waals surface area contributed by atoms with Gasteiger partial charge in [-0.25, -0.2) is 0 Å². The van der Waals surface area contributed by atoms with Crippen LogP contribution < -0.4 is 5.73 Å². The Morgan fingerprint density at radius 1 is 1.12 bits per heavy atom. The number of hydrogen-bond donors (Lipinski definition) is 2.